The average Bonchev–Trinajstić information content (AvgIpc) is 3.23. The molecular formula is C24H26N8O2. The second kappa shape index (κ2) is 8.99. The number of carbonyl (C=O) groups excluding carboxylic acids is 1. The molecule has 2 aromatic carbocycles. The van der Waals surface area contributed by atoms with Gasteiger partial charge in [-0.25, -0.2) is 4.98 Å². The molecule has 1 aliphatic heterocycles. The van der Waals surface area contributed by atoms with E-state index in [0.717, 1.165) is 16.5 Å². The van der Waals surface area contributed by atoms with Crippen LogP contribution >= 0.6 is 0 Å². The molecule has 0 bridgehead atoms. The normalized spacial score (nSPS) is 18.2. The van der Waals surface area contributed by atoms with E-state index in [2.05, 4.69) is 37.3 Å². The molecule has 2 atom stereocenters. The van der Waals surface area contributed by atoms with Gasteiger partial charge in [-0.15, -0.1) is 0 Å². The standard InChI is InChI=1S/C24H26N8O2/c1-14-13-34-17(11-27-23(33)15-5-3-2-4-6-15)12-32(14)21-10-19(28-24(26)29-21)16-7-8-18-20(9-16)30-31-22(18)25/h2-10,14,17H,11-13H2,1H3,(H,27,33)(H3,25,30,31)(H2,26,28,29)/t14-,17-/m1/s1. The molecule has 0 unspecified atom stereocenters. The minimum atomic E-state index is -0.187. The lowest BCUT2D eigenvalue weighted by Crippen LogP contribution is -2.52. The second-order valence-corrected chi connectivity index (χ2v) is 8.37. The summed E-state index contributed by atoms with van der Waals surface area (Å²) in [4.78, 5) is 23.5. The van der Waals surface area contributed by atoms with E-state index >= 15 is 0 Å². The number of nitrogens with zero attached hydrogens (tertiary/aromatic N) is 4. The molecule has 0 saturated carbocycles. The molecule has 6 N–H and O–H groups in total. The number of hydrogen-bond donors (Lipinski definition) is 4. The number of anilines is 3. The summed E-state index contributed by atoms with van der Waals surface area (Å²) in [6.07, 6.45) is -0.187. The molecule has 174 valence electrons. The van der Waals surface area contributed by atoms with Gasteiger partial charge < -0.3 is 26.4 Å². The van der Waals surface area contributed by atoms with Crippen LogP contribution in [0.15, 0.2) is 54.6 Å². The summed E-state index contributed by atoms with van der Waals surface area (Å²) >= 11 is 0. The van der Waals surface area contributed by atoms with Crippen molar-refractivity contribution in [1.82, 2.24) is 25.5 Å². The highest BCUT2D eigenvalue weighted by Crippen LogP contribution is 2.29. The van der Waals surface area contributed by atoms with Crippen LogP contribution < -0.4 is 21.7 Å². The number of nitrogens with one attached hydrogen (secondary N) is 2. The molecule has 5 rings (SSSR count). The molecule has 0 radical (unpaired) electrons. The van der Waals surface area contributed by atoms with E-state index in [-0.39, 0.29) is 24.0 Å². The van der Waals surface area contributed by atoms with Crippen LogP contribution in [0.3, 0.4) is 0 Å². The third kappa shape index (κ3) is 4.35. The Kier molecular flexibility index (Phi) is 5.72. The Morgan fingerprint density at radius 2 is 2.00 bits per heavy atom. The lowest BCUT2D eigenvalue weighted by Gasteiger charge is -2.39. The maximum Gasteiger partial charge on any atom is 0.251 e. The molecule has 10 nitrogen and oxygen atoms in total. The Bertz CT molecular complexity index is 1320. The first-order valence-corrected chi connectivity index (χ1v) is 11.1. The first-order chi connectivity index (χ1) is 16.5. The number of aromatic amines is 1. The Labute approximate surface area is 196 Å². The summed E-state index contributed by atoms with van der Waals surface area (Å²) in [5.41, 5.74) is 15.0. The fourth-order valence-electron chi connectivity index (χ4n) is 4.11. The van der Waals surface area contributed by atoms with Gasteiger partial charge in [0, 0.05) is 35.7 Å². The van der Waals surface area contributed by atoms with Gasteiger partial charge in [-0.2, -0.15) is 10.1 Å². The summed E-state index contributed by atoms with van der Waals surface area (Å²) in [6, 6.07) is 16.9. The van der Waals surface area contributed by atoms with E-state index in [1.165, 1.54) is 0 Å². The SMILES string of the molecule is C[C@@H]1CO[C@H](CNC(=O)c2ccccc2)CN1c1cc(-c2ccc3c(N)n[nH]c3c2)nc(N)n1. The lowest BCUT2D eigenvalue weighted by molar-refractivity contribution is 0.0227. The van der Waals surface area contributed by atoms with Gasteiger partial charge in [0.15, 0.2) is 5.82 Å². The maximum atomic E-state index is 12.4. The summed E-state index contributed by atoms with van der Waals surface area (Å²) in [6.45, 7) is 3.52. The fourth-order valence-corrected chi connectivity index (χ4v) is 4.11. The van der Waals surface area contributed by atoms with Gasteiger partial charge in [0.05, 0.1) is 30.0 Å². The molecule has 1 fully saturated rings. The summed E-state index contributed by atoms with van der Waals surface area (Å²) in [7, 11) is 0. The molecule has 34 heavy (non-hydrogen) atoms. The highest BCUT2D eigenvalue weighted by Gasteiger charge is 2.28. The zero-order chi connectivity index (χ0) is 23.7. The maximum absolute atomic E-state index is 12.4. The number of nitrogen functional groups attached to an aromatic ring is 2. The number of nitrogens with two attached hydrogens (primary N) is 2. The largest absolute Gasteiger partial charge is 0.382 e. The molecule has 1 aliphatic rings. The van der Waals surface area contributed by atoms with Gasteiger partial charge in [0.2, 0.25) is 5.95 Å². The Hall–Kier alpha value is -4.18. The number of carbonyl (C=O) groups is 1. The van der Waals surface area contributed by atoms with Crippen LogP contribution in [0.1, 0.15) is 17.3 Å². The predicted molar refractivity (Wildman–Crippen MR) is 131 cm³/mol. The zero-order valence-corrected chi connectivity index (χ0v) is 18.7. The van der Waals surface area contributed by atoms with Crippen molar-refractivity contribution in [2.45, 2.75) is 19.1 Å². The van der Waals surface area contributed by atoms with Crippen molar-refractivity contribution in [2.75, 3.05) is 36.1 Å². The molecule has 10 heteroatoms. The van der Waals surface area contributed by atoms with Crippen molar-refractivity contribution >= 4 is 34.4 Å². The topological polar surface area (TPSA) is 148 Å². The zero-order valence-electron chi connectivity index (χ0n) is 18.7. The third-order valence-corrected chi connectivity index (χ3v) is 5.94. The lowest BCUT2D eigenvalue weighted by atomic mass is 10.1. The van der Waals surface area contributed by atoms with Crippen molar-refractivity contribution < 1.29 is 9.53 Å². The number of rotatable bonds is 5. The Morgan fingerprint density at radius 1 is 1.18 bits per heavy atom. The monoisotopic (exact) mass is 458 g/mol. The molecule has 1 amide bonds. The Morgan fingerprint density at radius 3 is 2.82 bits per heavy atom. The van der Waals surface area contributed by atoms with Crippen LogP contribution in [0.2, 0.25) is 0 Å². The van der Waals surface area contributed by atoms with Crippen LogP contribution in [0.25, 0.3) is 22.2 Å². The third-order valence-electron chi connectivity index (χ3n) is 5.94. The van der Waals surface area contributed by atoms with E-state index in [4.69, 9.17) is 16.2 Å². The Balaban J connectivity index is 1.34. The number of amides is 1. The summed E-state index contributed by atoms with van der Waals surface area (Å²) in [5.74, 6) is 1.22. The average molecular weight is 459 g/mol. The number of hydrogen-bond acceptors (Lipinski definition) is 8. The molecule has 4 aromatic rings. The van der Waals surface area contributed by atoms with Crippen molar-refractivity contribution in [3.05, 3.63) is 60.2 Å². The summed E-state index contributed by atoms with van der Waals surface area (Å²) in [5, 5.41) is 10.8. The molecule has 0 spiro atoms. The van der Waals surface area contributed by atoms with Crippen molar-refractivity contribution in [2.24, 2.45) is 0 Å². The second-order valence-electron chi connectivity index (χ2n) is 8.37. The molecule has 1 saturated heterocycles. The van der Waals surface area contributed by atoms with Crippen LogP contribution in [0.4, 0.5) is 17.6 Å². The first kappa shape index (κ1) is 21.7. The molecular weight excluding hydrogens is 432 g/mol. The highest BCUT2D eigenvalue weighted by atomic mass is 16.5. The quantitative estimate of drug-likeness (QED) is 0.356. The van der Waals surface area contributed by atoms with Gasteiger partial charge in [-0.05, 0) is 31.2 Å². The van der Waals surface area contributed by atoms with Crippen LogP contribution in [0.5, 0.6) is 0 Å². The van der Waals surface area contributed by atoms with Crippen LogP contribution in [0, 0.1) is 0 Å². The van der Waals surface area contributed by atoms with Gasteiger partial charge in [0.25, 0.3) is 5.91 Å². The van der Waals surface area contributed by atoms with E-state index in [1.54, 1.807) is 12.1 Å². The molecule has 0 aliphatic carbocycles. The number of aromatic nitrogens is 4. The first-order valence-electron chi connectivity index (χ1n) is 11.1. The number of morpholine rings is 1. The fraction of sp³-hybridized carbons (Fsp3) is 0.250. The van der Waals surface area contributed by atoms with Gasteiger partial charge >= 0.3 is 0 Å². The van der Waals surface area contributed by atoms with E-state index in [9.17, 15) is 4.79 Å². The minimum absolute atomic E-state index is 0.0816. The minimum Gasteiger partial charge on any atom is -0.382 e. The summed E-state index contributed by atoms with van der Waals surface area (Å²) < 4.78 is 5.97. The van der Waals surface area contributed by atoms with Crippen molar-refractivity contribution in [1.29, 1.82) is 0 Å². The van der Waals surface area contributed by atoms with E-state index < -0.39 is 0 Å². The smallest absolute Gasteiger partial charge is 0.251 e. The van der Waals surface area contributed by atoms with E-state index in [1.807, 2.05) is 42.5 Å². The van der Waals surface area contributed by atoms with E-state index in [0.29, 0.717) is 42.6 Å². The number of ether oxygens (including phenoxy) is 1. The number of fused-ring (bicyclic) bond motifs is 1. The van der Waals surface area contributed by atoms with Gasteiger partial charge in [0.1, 0.15) is 5.82 Å². The predicted octanol–water partition coefficient (Wildman–Crippen LogP) is 2.21. The van der Waals surface area contributed by atoms with Crippen LogP contribution in [-0.4, -0.2) is 57.9 Å². The number of benzene rings is 2. The molecule has 3 heterocycles. The molecule has 2 aromatic heterocycles. The highest BCUT2D eigenvalue weighted by molar-refractivity contribution is 5.94. The van der Waals surface area contributed by atoms with Crippen molar-refractivity contribution in [3.8, 4) is 11.3 Å². The number of H-pyrrole nitrogens is 1. The van der Waals surface area contributed by atoms with Crippen molar-refractivity contribution in [3.63, 3.8) is 0 Å². The van der Waals surface area contributed by atoms with Crippen LogP contribution in [-0.2, 0) is 4.74 Å². The van der Waals surface area contributed by atoms with Gasteiger partial charge in [-0.1, -0.05) is 24.3 Å². The van der Waals surface area contributed by atoms with Gasteiger partial charge in [-0.3, -0.25) is 9.89 Å².